The number of alkyl halides is 3. The molecule has 0 unspecified atom stereocenters. The Labute approximate surface area is 158 Å². The number of nitrogens with zero attached hydrogens (tertiary/aromatic N) is 2. The first-order valence-electron chi connectivity index (χ1n) is 8.21. The van der Waals surface area contributed by atoms with Gasteiger partial charge in [-0.25, -0.2) is 0 Å². The van der Waals surface area contributed by atoms with Gasteiger partial charge in [-0.15, -0.1) is 0 Å². The second-order valence-corrected chi connectivity index (χ2v) is 5.99. The number of rotatable bonds is 3. The molecule has 6 nitrogen and oxygen atoms in total. The summed E-state index contributed by atoms with van der Waals surface area (Å²) in [6.07, 6.45) is -5.76. The number of anilines is 2. The van der Waals surface area contributed by atoms with E-state index in [-0.39, 0.29) is 22.7 Å². The molecule has 2 aromatic rings. The Morgan fingerprint density at radius 3 is 2.61 bits per heavy atom. The van der Waals surface area contributed by atoms with Gasteiger partial charge in [-0.05, 0) is 24.3 Å². The topological polar surface area (TPSA) is 82.4 Å². The van der Waals surface area contributed by atoms with Gasteiger partial charge < -0.3 is 10.1 Å². The fraction of sp³-hybridized carbons (Fsp3) is 0.211. The molecular weight excluding hydrogens is 375 g/mol. The minimum absolute atomic E-state index is 0.0714. The van der Waals surface area contributed by atoms with Crippen molar-refractivity contribution in [3.05, 3.63) is 54.1 Å². The molecular formula is C19H14F3N3O3. The molecule has 9 heteroatoms. The van der Waals surface area contributed by atoms with E-state index in [1.807, 2.05) is 6.07 Å². The van der Waals surface area contributed by atoms with Crippen LogP contribution in [0.3, 0.4) is 0 Å². The number of benzene rings is 2. The minimum atomic E-state index is -4.82. The first-order valence-corrected chi connectivity index (χ1v) is 8.21. The predicted octanol–water partition coefficient (Wildman–Crippen LogP) is 3.24. The molecule has 0 saturated heterocycles. The van der Waals surface area contributed by atoms with E-state index in [1.165, 1.54) is 36.4 Å². The van der Waals surface area contributed by atoms with Gasteiger partial charge in [-0.3, -0.25) is 14.5 Å². The molecule has 0 bridgehead atoms. The fourth-order valence-corrected chi connectivity index (χ4v) is 2.89. The molecule has 28 heavy (non-hydrogen) atoms. The zero-order valence-corrected chi connectivity index (χ0v) is 14.4. The Bertz CT molecular complexity index is 953. The molecule has 1 aliphatic heterocycles. The number of para-hydroxylation sites is 3. The maximum Gasteiger partial charge on any atom is 0.409 e. The van der Waals surface area contributed by atoms with Crippen molar-refractivity contribution in [1.29, 1.82) is 5.26 Å². The van der Waals surface area contributed by atoms with Crippen LogP contribution in [-0.2, 0) is 9.59 Å². The molecule has 1 atom stereocenters. The smallest absolute Gasteiger partial charge is 0.409 e. The number of halogens is 3. The lowest BCUT2D eigenvalue weighted by molar-refractivity contribution is -0.158. The van der Waals surface area contributed by atoms with Gasteiger partial charge in [0.25, 0.3) is 5.91 Å². The average Bonchev–Trinajstić information content (AvgIpc) is 2.82. The molecule has 2 amide bonds. The number of hydrogen-bond donors (Lipinski definition) is 1. The number of nitrogens with one attached hydrogen (secondary N) is 1. The number of hydrogen-bond acceptors (Lipinski definition) is 4. The van der Waals surface area contributed by atoms with Gasteiger partial charge in [0.05, 0.1) is 23.4 Å². The van der Waals surface area contributed by atoms with E-state index in [9.17, 15) is 22.8 Å². The Hall–Kier alpha value is -3.54. The highest BCUT2D eigenvalue weighted by molar-refractivity contribution is 6.05. The summed E-state index contributed by atoms with van der Waals surface area (Å²) in [6.45, 7) is -0.728. The summed E-state index contributed by atoms with van der Waals surface area (Å²) in [5, 5.41) is 11.4. The maximum absolute atomic E-state index is 13.6. The summed E-state index contributed by atoms with van der Waals surface area (Å²) in [4.78, 5) is 25.2. The molecule has 0 fully saturated rings. The Kier molecular flexibility index (Phi) is 5.22. The van der Waals surface area contributed by atoms with E-state index < -0.39 is 37.1 Å². The first kappa shape index (κ1) is 19.2. The second kappa shape index (κ2) is 7.60. The highest BCUT2D eigenvalue weighted by Crippen LogP contribution is 2.37. The standard InChI is InChI=1S/C19H14F3N3O3/c20-19(21,22)16-9-17(26)24-13-6-2-3-7-14(13)25(16)18(27)11-28-15-8-4-1-5-12(15)10-23/h1-8,16H,9,11H2,(H,24,26)/t16-/m1/s1. The molecule has 1 heterocycles. The van der Waals surface area contributed by atoms with Crippen molar-refractivity contribution in [2.75, 3.05) is 16.8 Å². The summed E-state index contributed by atoms with van der Waals surface area (Å²) in [5.41, 5.74) is 0.179. The van der Waals surface area contributed by atoms with Crippen LogP contribution in [0.1, 0.15) is 12.0 Å². The number of fused-ring (bicyclic) bond motifs is 1. The van der Waals surface area contributed by atoms with Crippen molar-refractivity contribution in [3.8, 4) is 11.8 Å². The predicted molar refractivity (Wildman–Crippen MR) is 93.7 cm³/mol. The average molecular weight is 389 g/mol. The van der Waals surface area contributed by atoms with Gasteiger partial charge in [-0.1, -0.05) is 24.3 Å². The molecule has 3 rings (SSSR count). The summed E-state index contributed by atoms with van der Waals surface area (Å²) < 4.78 is 46.2. The third-order valence-electron chi connectivity index (χ3n) is 4.13. The maximum atomic E-state index is 13.6. The third-order valence-corrected chi connectivity index (χ3v) is 4.13. The van der Waals surface area contributed by atoms with Crippen molar-refractivity contribution in [1.82, 2.24) is 0 Å². The number of carbonyl (C=O) groups is 2. The van der Waals surface area contributed by atoms with E-state index in [4.69, 9.17) is 10.00 Å². The first-order chi connectivity index (χ1) is 13.3. The zero-order valence-electron chi connectivity index (χ0n) is 14.4. The SMILES string of the molecule is N#Cc1ccccc1OCC(=O)N1c2ccccc2NC(=O)C[C@@H]1C(F)(F)F. The van der Waals surface area contributed by atoms with Gasteiger partial charge in [-0.2, -0.15) is 18.4 Å². The van der Waals surface area contributed by atoms with Gasteiger partial charge in [0.15, 0.2) is 6.61 Å². The van der Waals surface area contributed by atoms with E-state index in [0.29, 0.717) is 4.90 Å². The van der Waals surface area contributed by atoms with Crippen LogP contribution >= 0.6 is 0 Å². The molecule has 0 aliphatic carbocycles. The van der Waals surface area contributed by atoms with Gasteiger partial charge in [0.2, 0.25) is 5.91 Å². The van der Waals surface area contributed by atoms with Gasteiger partial charge in [0.1, 0.15) is 17.9 Å². The van der Waals surface area contributed by atoms with Crippen molar-refractivity contribution in [2.45, 2.75) is 18.6 Å². The lowest BCUT2D eigenvalue weighted by atomic mass is 10.1. The van der Waals surface area contributed by atoms with E-state index in [1.54, 1.807) is 12.1 Å². The van der Waals surface area contributed by atoms with Crippen molar-refractivity contribution < 1.29 is 27.5 Å². The number of nitriles is 1. The van der Waals surface area contributed by atoms with Crippen molar-refractivity contribution >= 4 is 23.2 Å². The monoisotopic (exact) mass is 389 g/mol. The second-order valence-electron chi connectivity index (χ2n) is 5.99. The van der Waals surface area contributed by atoms with Crippen LogP contribution in [0, 0.1) is 11.3 Å². The summed E-state index contributed by atoms with van der Waals surface area (Å²) in [6, 6.07) is 11.3. The van der Waals surface area contributed by atoms with E-state index in [2.05, 4.69) is 5.32 Å². The normalized spacial score (nSPS) is 16.4. The van der Waals surface area contributed by atoms with Crippen LogP contribution in [0.5, 0.6) is 5.75 Å². The minimum Gasteiger partial charge on any atom is -0.482 e. The number of ether oxygens (including phenoxy) is 1. The summed E-state index contributed by atoms with van der Waals surface area (Å²) in [7, 11) is 0. The highest BCUT2D eigenvalue weighted by atomic mass is 19.4. The largest absolute Gasteiger partial charge is 0.482 e. The lowest BCUT2D eigenvalue weighted by Gasteiger charge is -2.31. The Morgan fingerprint density at radius 1 is 1.21 bits per heavy atom. The van der Waals surface area contributed by atoms with Crippen LogP contribution in [0.25, 0.3) is 0 Å². The van der Waals surface area contributed by atoms with Gasteiger partial charge in [0, 0.05) is 0 Å². The summed E-state index contributed by atoms with van der Waals surface area (Å²) >= 11 is 0. The zero-order chi connectivity index (χ0) is 20.3. The molecule has 1 aliphatic rings. The van der Waals surface area contributed by atoms with Crippen LogP contribution in [0.4, 0.5) is 24.5 Å². The number of amides is 2. The Morgan fingerprint density at radius 2 is 1.89 bits per heavy atom. The van der Waals surface area contributed by atoms with E-state index >= 15 is 0 Å². The molecule has 0 aromatic heterocycles. The quantitative estimate of drug-likeness (QED) is 0.874. The highest BCUT2D eigenvalue weighted by Gasteiger charge is 2.49. The van der Waals surface area contributed by atoms with Crippen LogP contribution < -0.4 is 15.0 Å². The molecule has 0 saturated carbocycles. The van der Waals surface area contributed by atoms with Crippen molar-refractivity contribution in [2.24, 2.45) is 0 Å². The molecule has 1 N–H and O–H groups in total. The van der Waals surface area contributed by atoms with E-state index in [0.717, 1.165) is 0 Å². The molecule has 0 spiro atoms. The fourth-order valence-electron chi connectivity index (χ4n) is 2.89. The lowest BCUT2D eigenvalue weighted by Crippen LogP contribution is -2.51. The van der Waals surface area contributed by atoms with Gasteiger partial charge >= 0.3 is 6.18 Å². The van der Waals surface area contributed by atoms with Crippen LogP contribution in [0.15, 0.2) is 48.5 Å². The van der Waals surface area contributed by atoms with Crippen molar-refractivity contribution in [3.63, 3.8) is 0 Å². The molecule has 2 aromatic carbocycles. The number of carbonyl (C=O) groups excluding carboxylic acids is 2. The summed E-state index contributed by atoms with van der Waals surface area (Å²) in [5.74, 6) is -1.75. The van der Waals surface area contributed by atoms with Crippen LogP contribution in [0.2, 0.25) is 0 Å². The Balaban J connectivity index is 1.94. The molecule has 0 radical (unpaired) electrons. The molecule has 144 valence electrons. The van der Waals surface area contributed by atoms with Crippen LogP contribution in [-0.4, -0.2) is 30.6 Å². The third kappa shape index (κ3) is 3.91.